The molecule has 0 bridgehead atoms. The lowest BCUT2D eigenvalue weighted by atomic mass is 9.79. The first kappa shape index (κ1) is 23.5. The summed E-state index contributed by atoms with van der Waals surface area (Å²) >= 11 is 0. The van der Waals surface area contributed by atoms with Gasteiger partial charge in [0, 0.05) is 35.4 Å². The second-order valence-electron chi connectivity index (χ2n) is 11.0. The first-order chi connectivity index (χ1) is 16.7. The molecule has 1 spiro atoms. The second-order valence-corrected chi connectivity index (χ2v) is 11.0. The number of benzene rings is 1. The molecule has 2 atom stereocenters. The van der Waals surface area contributed by atoms with Crippen LogP contribution in [0.3, 0.4) is 0 Å². The zero-order valence-electron chi connectivity index (χ0n) is 20.6. The van der Waals surface area contributed by atoms with Gasteiger partial charge in [-0.2, -0.15) is 0 Å². The molecule has 0 saturated carbocycles. The fourth-order valence-corrected chi connectivity index (χ4v) is 5.60. The fraction of sp³-hybridized carbons (Fsp3) is 0.481. The van der Waals surface area contributed by atoms with E-state index in [4.69, 9.17) is 0 Å². The van der Waals surface area contributed by atoms with E-state index in [1.807, 2.05) is 51.1 Å². The first-order valence-electron chi connectivity index (χ1n) is 12.4. The van der Waals surface area contributed by atoms with Crippen molar-refractivity contribution in [2.24, 2.45) is 5.41 Å². The van der Waals surface area contributed by atoms with Crippen molar-refractivity contribution in [3.05, 3.63) is 53.2 Å². The van der Waals surface area contributed by atoms with Gasteiger partial charge in [0.05, 0.1) is 5.41 Å². The molecule has 1 fully saturated rings. The van der Waals surface area contributed by atoms with Gasteiger partial charge in [0.25, 0.3) is 0 Å². The lowest BCUT2D eigenvalue weighted by molar-refractivity contribution is -0.144. The molecule has 8 heteroatoms. The van der Waals surface area contributed by atoms with E-state index in [-0.39, 0.29) is 30.3 Å². The average molecular weight is 476 g/mol. The molecule has 1 aromatic heterocycles. The molecule has 35 heavy (non-hydrogen) atoms. The van der Waals surface area contributed by atoms with Gasteiger partial charge in [0.2, 0.25) is 17.7 Å². The number of carbonyl (C=O) groups excluding carboxylic acids is 3. The molecular formula is C27H33N5O3. The number of nitrogens with zero attached hydrogens (tertiary/aromatic N) is 2. The van der Waals surface area contributed by atoms with E-state index in [1.165, 1.54) is 0 Å². The van der Waals surface area contributed by atoms with Gasteiger partial charge in [-0.1, -0.05) is 32.9 Å². The Morgan fingerprint density at radius 3 is 2.74 bits per heavy atom. The Bertz CT molecular complexity index is 1180. The third-order valence-electron chi connectivity index (χ3n) is 7.39. The number of rotatable bonds is 4. The number of aromatic nitrogens is 1. The SMILES string of the molecule is CC(C)(C)C(=O)N(CC(=O)Nc1ccc2c(c1)C[C@@]1(C2)C(=O)Nc2ncccc21)[C@H]1CCCNC1. The van der Waals surface area contributed by atoms with E-state index >= 15 is 0 Å². The van der Waals surface area contributed by atoms with E-state index in [0.29, 0.717) is 30.9 Å². The van der Waals surface area contributed by atoms with Crippen LogP contribution < -0.4 is 16.0 Å². The van der Waals surface area contributed by atoms with E-state index < -0.39 is 10.8 Å². The highest BCUT2D eigenvalue weighted by molar-refractivity contribution is 6.06. The molecule has 8 nitrogen and oxygen atoms in total. The summed E-state index contributed by atoms with van der Waals surface area (Å²) in [6.45, 7) is 7.33. The van der Waals surface area contributed by atoms with Crippen molar-refractivity contribution in [3.63, 3.8) is 0 Å². The molecule has 1 aromatic carbocycles. The van der Waals surface area contributed by atoms with Crippen molar-refractivity contribution < 1.29 is 14.4 Å². The minimum Gasteiger partial charge on any atom is -0.329 e. The molecule has 3 amide bonds. The highest BCUT2D eigenvalue weighted by atomic mass is 16.2. The fourth-order valence-electron chi connectivity index (χ4n) is 5.60. The third kappa shape index (κ3) is 4.31. The van der Waals surface area contributed by atoms with E-state index in [0.717, 1.165) is 36.1 Å². The average Bonchev–Trinajstić information content (AvgIpc) is 3.34. The van der Waals surface area contributed by atoms with Crippen LogP contribution in [0.1, 0.15) is 50.3 Å². The Kier molecular flexibility index (Phi) is 5.87. The van der Waals surface area contributed by atoms with E-state index in [2.05, 4.69) is 20.9 Å². The molecule has 2 aliphatic heterocycles. The van der Waals surface area contributed by atoms with Gasteiger partial charge in [-0.15, -0.1) is 0 Å². The van der Waals surface area contributed by atoms with Crippen LogP contribution in [0, 0.1) is 5.41 Å². The molecule has 2 aromatic rings. The quantitative estimate of drug-likeness (QED) is 0.631. The van der Waals surface area contributed by atoms with Gasteiger partial charge in [0.15, 0.2) is 0 Å². The zero-order chi connectivity index (χ0) is 24.8. The second kappa shape index (κ2) is 8.75. The van der Waals surface area contributed by atoms with Crippen LogP contribution in [0.25, 0.3) is 0 Å². The van der Waals surface area contributed by atoms with Crippen molar-refractivity contribution in [1.29, 1.82) is 0 Å². The summed E-state index contributed by atoms with van der Waals surface area (Å²) in [5, 5.41) is 9.26. The Morgan fingerprint density at radius 2 is 2.00 bits per heavy atom. The minimum absolute atomic E-state index is 0.00987. The number of hydrogen-bond donors (Lipinski definition) is 3. The number of pyridine rings is 1. The Morgan fingerprint density at radius 1 is 1.20 bits per heavy atom. The van der Waals surface area contributed by atoms with Crippen molar-refractivity contribution in [1.82, 2.24) is 15.2 Å². The van der Waals surface area contributed by atoms with Crippen LogP contribution in [0.5, 0.6) is 0 Å². The van der Waals surface area contributed by atoms with Crippen LogP contribution >= 0.6 is 0 Å². The highest BCUT2D eigenvalue weighted by Gasteiger charge is 2.51. The van der Waals surface area contributed by atoms with Gasteiger partial charge in [0.1, 0.15) is 12.4 Å². The molecule has 5 rings (SSSR count). The Balaban J connectivity index is 1.31. The molecule has 3 heterocycles. The molecule has 1 saturated heterocycles. The summed E-state index contributed by atoms with van der Waals surface area (Å²) in [4.78, 5) is 45.2. The van der Waals surface area contributed by atoms with Gasteiger partial charge >= 0.3 is 0 Å². The maximum atomic E-state index is 13.2. The summed E-state index contributed by atoms with van der Waals surface area (Å²) < 4.78 is 0. The van der Waals surface area contributed by atoms with Crippen LogP contribution in [-0.4, -0.2) is 53.3 Å². The summed E-state index contributed by atoms with van der Waals surface area (Å²) in [5.74, 6) is 0.385. The summed E-state index contributed by atoms with van der Waals surface area (Å²) in [6.07, 6.45) is 4.74. The summed E-state index contributed by atoms with van der Waals surface area (Å²) in [5.41, 5.74) is 2.57. The van der Waals surface area contributed by atoms with Crippen LogP contribution in [0.15, 0.2) is 36.5 Å². The minimum atomic E-state index is -0.640. The lowest BCUT2D eigenvalue weighted by Crippen LogP contribution is -2.54. The van der Waals surface area contributed by atoms with Crippen molar-refractivity contribution in [3.8, 4) is 0 Å². The van der Waals surface area contributed by atoms with Gasteiger partial charge in [-0.3, -0.25) is 14.4 Å². The molecular weight excluding hydrogens is 442 g/mol. The molecule has 3 aliphatic rings. The number of nitrogens with one attached hydrogen (secondary N) is 3. The summed E-state index contributed by atoms with van der Waals surface area (Å²) in [7, 11) is 0. The first-order valence-corrected chi connectivity index (χ1v) is 12.4. The highest BCUT2D eigenvalue weighted by Crippen LogP contribution is 2.46. The maximum absolute atomic E-state index is 13.2. The number of amides is 3. The van der Waals surface area contributed by atoms with Gasteiger partial charge in [-0.05, 0) is 61.6 Å². The van der Waals surface area contributed by atoms with Crippen molar-refractivity contribution >= 4 is 29.2 Å². The third-order valence-corrected chi connectivity index (χ3v) is 7.39. The number of piperidine rings is 1. The molecule has 0 radical (unpaired) electrons. The molecule has 184 valence electrons. The van der Waals surface area contributed by atoms with Crippen LogP contribution in [0.4, 0.5) is 11.5 Å². The molecule has 0 unspecified atom stereocenters. The standard InChI is InChI=1S/C27H33N5O3/c1-26(2,3)25(35)32(20-6-4-10-28-15-20)16-22(33)30-19-9-8-17-13-27(14-18(17)12-19)21-7-5-11-29-23(21)31-24(27)34/h5,7-9,11-12,20,28H,4,6,10,13-16H2,1-3H3,(H,30,33)(H,29,31,34)/t20-,27+/m0/s1. The normalized spacial score (nSPS) is 22.9. The van der Waals surface area contributed by atoms with Crippen LogP contribution in [-0.2, 0) is 32.6 Å². The smallest absolute Gasteiger partial charge is 0.244 e. The molecule has 1 aliphatic carbocycles. The summed E-state index contributed by atoms with van der Waals surface area (Å²) in [6, 6.07) is 9.67. The monoisotopic (exact) mass is 475 g/mol. The number of anilines is 2. The van der Waals surface area contributed by atoms with Crippen molar-refractivity contribution in [2.45, 2.75) is 57.9 Å². The number of hydrogen-bond acceptors (Lipinski definition) is 5. The molecule has 3 N–H and O–H groups in total. The Labute approximate surface area is 205 Å². The maximum Gasteiger partial charge on any atom is 0.244 e. The zero-order valence-corrected chi connectivity index (χ0v) is 20.6. The predicted octanol–water partition coefficient (Wildman–Crippen LogP) is 2.64. The number of carbonyl (C=O) groups is 3. The Hall–Kier alpha value is -3.26. The predicted molar refractivity (Wildman–Crippen MR) is 134 cm³/mol. The lowest BCUT2D eigenvalue weighted by Gasteiger charge is -2.37. The van der Waals surface area contributed by atoms with E-state index in [9.17, 15) is 14.4 Å². The van der Waals surface area contributed by atoms with E-state index in [1.54, 1.807) is 11.1 Å². The van der Waals surface area contributed by atoms with Gasteiger partial charge in [-0.25, -0.2) is 4.98 Å². The van der Waals surface area contributed by atoms with Gasteiger partial charge < -0.3 is 20.9 Å². The number of fused-ring (bicyclic) bond motifs is 3. The topological polar surface area (TPSA) is 103 Å². The van der Waals surface area contributed by atoms with Crippen molar-refractivity contribution in [2.75, 3.05) is 30.3 Å². The van der Waals surface area contributed by atoms with Crippen LogP contribution in [0.2, 0.25) is 0 Å². The largest absolute Gasteiger partial charge is 0.329 e.